The van der Waals surface area contributed by atoms with Gasteiger partial charge in [-0.05, 0) is 24.3 Å². The summed E-state index contributed by atoms with van der Waals surface area (Å²) in [4.78, 5) is 26.1. The summed E-state index contributed by atoms with van der Waals surface area (Å²) in [7, 11) is 0. The largest absolute Gasteiger partial charge is 0.485 e. The molecule has 41 heavy (non-hydrogen) atoms. The van der Waals surface area contributed by atoms with Gasteiger partial charge in [-0.2, -0.15) is 9.50 Å². The first kappa shape index (κ1) is 25.9. The Kier molecular flexibility index (Phi) is 6.57. The van der Waals surface area contributed by atoms with E-state index < -0.39 is 12.2 Å². The molecule has 5 aromatic rings. The minimum atomic E-state index is -0.717. The van der Waals surface area contributed by atoms with Crippen molar-refractivity contribution in [3.8, 4) is 17.3 Å². The number of hydrogen-bond acceptors (Lipinski definition) is 12. The van der Waals surface area contributed by atoms with Crippen LogP contribution in [0.25, 0.3) is 27.6 Å². The number of thiazole rings is 1. The Hall–Kier alpha value is -4.05. The highest BCUT2D eigenvalue weighted by molar-refractivity contribution is 7.17. The minimum Gasteiger partial charge on any atom is -0.485 e. The maximum atomic E-state index is 15.0. The number of benzene rings is 1. The molecule has 15 heteroatoms. The maximum absolute atomic E-state index is 15.0. The number of halogens is 1. The average Bonchev–Trinajstić information content (AvgIpc) is 3.76. The highest BCUT2D eigenvalue weighted by Gasteiger charge is 2.28. The molecular formula is C26H27FN8O5S. The topological polar surface area (TPSA) is 149 Å². The molecule has 214 valence electrons. The van der Waals surface area contributed by atoms with Crippen LogP contribution in [0.5, 0.6) is 5.75 Å². The monoisotopic (exact) mass is 582 g/mol. The maximum Gasteiger partial charge on any atom is 0.309 e. The molecule has 0 spiro atoms. The number of nitrogens with zero attached hydrogens (tertiary/aromatic N) is 7. The van der Waals surface area contributed by atoms with Crippen molar-refractivity contribution in [3.05, 3.63) is 52.1 Å². The molecule has 0 bridgehead atoms. The Bertz CT molecular complexity index is 1760. The van der Waals surface area contributed by atoms with E-state index in [4.69, 9.17) is 19.6 Å². The van der Waals surface area contributed by atoms with E-state index >= 15 is 0 Å². The van der Waals surface area contributed by atoms with Gasteiger partial charge in [0.1, 0.15) is 28.5 Å². The van der Waals surface area contributed by atoms with Crippen molar-refractivity contribution in [1.82, 2.24) is 29.0 Å². The molecule has 0 saturated carbocycles. The van der Waals surface area contributed by atoms with Gasteiger partial charge in [0.15, 0.2) is 17.1 Å². The zero-order chi connectivity index (χ0) is 28.1. The number of furan rings is 1. The Morgan fingerprint density at radius 1 is 1.12 bits per heavy atom. The first-order valence-corrected chi connectivity index (χ1v) is 14.0. The fourth-order valence-corrected chi connectivity index (χ4v) is 6.15. The second-order valence-electron chi connectivity index (χ2n) is 9.99. The van der Waals surface area contributed by atoms with Crippen LogP contribution in [0, 0.1) is 5.82 Å². The van der Waals surface area contributed by atoms with Gasteiger partial charge in [-0.1, -0.05) is 11.3 Å². The van der Waals surface area contributed by atoms with E-state index in [1.165, 1.54) is 16.8 Å². The number of rotatable bonds is 7. The normalized spacial score (nSPS) is 20.0. The van der Waals surface area contributed by atoms with E-state index in [9.17, 15) is 14.3 Å². The van der Waals surface area contributed by atoms with Gasteiger partial charge in [0.25, 0.3) is 0 Å². The van der Waals surface area contributed by atoms with Crippen LogP contribution in [0.1, 0.15) is 0 Å². The Labute approximate surface area is 236 Å². The molecule has 0 aliphatic carbocycles. The van der Waals surface area contributed by atoms with E-state index in [1.807, 2.05) is 4.90 Å². The molecule has 0 unspecified atom stereocenters. The zero-order valence-electron chi connectivity index (χ0n) is 21.8. The molecule has 1 aromatic carbocycles. The number of aromatic nitrogens is 5. The minimum absolute atomic E-state index is 0.129. The van der Waals surface area contributed by atoms with Gasteiger partial charge in [-0.3, -0.25) is 14.3 Å². The number of fused-ring (bicyclic) bond motifs is 3. The fraction of sp³-hybridized carbons (Fsp3) is 0.385. The Balaban J connectivity index is 1.01. The number of piperazine rings is 1. The van der Waals surface area contributed by atoms with Gasteiger partial charge in [0.2, 0.25) is 11.8 Å². The quantitative estimate of drug-likeness (QED) is 0.287. The summed E-state index contributed by atoms with van der Waals surface area (Å²) in [5.74, 6) is 0.976. The molecule has 2 aliphatic heterocycles. The lowest BCUT2D eigenvalue weighted by Crippen LogP contribution is -2.47. The number of nitrogen functional groups attached to an aromatic ring is 1. The molecule has 0 amide bonds. The molecule has 6 heterocycles. The lowest BCUT2D eigenvalue weighted by atomic mass is 10.2. The highest BCUT2D eigenvalue weighted by Crippen LogP contribution is 2.28. The molecule has 2 aliphatic rings. The summed E-state index contributed by atoms with van der Waals surface area (Å²) in [5.41, 5.74) is 7.62. The lowest BCUT2D eigenvalue weighted by molar-refractivity contribution is 0.0731. The lowest BCUT2D eigenvalue weighted by Gasteiger charge is -2.36. The van der Waals surface area contributed by atoms with Crippen molar-refractivity contribution in [1.29, 1.82) is 0 Å². The number of aliphatic hydroxyl groups is 1. The van der Waals surface area contributed by atoms with Crippen LogP contribution in [-0.4, -0.2) is 92.3 Å². The van der Waals surface area contributed by atoms with Crippen LogP contribution in [0.2, 0.25) is 0 Å². The number of anilines is 2. The summed E-state index contributed by atoms with van der Waals surface area (Å²) in [6.45, 7) is 4.22. The van der Waals surface area contributed by atoms with E-state index in [0.717, 1.165) is 11.3 Å². The molecule has 2 fully saturated rings. The second kappa shape index (κ2) is 10.4. The summed E-state index contributed by atoms with van der Waals surface area (Å²) in [6.07, 6.45) is 0.324. The van der Waals surface area contributed by atoms with E-state index in [0.29, 0.717) is 78.3 Å². The van der Waals surface area contributed by atoms with Gasteiger partial charge in [-0.15, -0.1) is 5.10 Å². The van der Waals surface area contributed by atoms with Crippen LogP contribution in [0.4, 0.5) is 16.0 Å². The van der Waals surface area contributed by atoms with Crippen LogP contribution in [-0.2, 0) is 11.3 Å². The van der Waals surface area contributed by atoms with Crippen molar-refractivity contribution >= 4 is 39.0 Å². The van der Waals surface area contributed by atoms with Crippen LogP contribution in [0.15, 0.2) is 45.8 Å². The first-order valence-electron chi connectivity index (χ1n) is 13.2. The van der Waals surface area contributed by atoms with Gasteiger partial charge in [-0.25, -0.2) is 9.37 Å². The van der Waals surface area contributed by atoms with E-state index in [-0.39, 0.29) is 29.9 Å². The third-order valence-corrected chi connectivity index (χ3v) is 8.38. The smallest absolute Gasteiger partial charge is 0.309 e. The molecule has 2 atom stereocenters. The van der Waals surface area contributed by atoms with Gasteiger partial charge in [0.05, 0.1) is 25.2 Å². The summed E-state index contributed by atoms with van der Waals surface area (Å²) >= 11 is 1.06. The van der Waals surface area contributed by atoms with Crippen molar-refractivity contribution < 1.29 is 23.4 Å². The molecule has 13 nitrogen and oxygen atoms in total. The highest BCUT2D eigenvalue weighted by atomic mass is 32.1. The molecule has 2 saturated heterocycles. The predicted molar refractivity (Wildman–Crippen MR) is 149 cm³/mol. The number of nitrogens with two attached hydrogens (primary N) is 1. The Morgan fingerprint density at radius 3 is 2.71 bits per heavy atom. The molecule has 7 rings (SSSR count). The molecular weight excluding hydrogens is 555 g/mol. The number of aliphatic hydroxyl groups excluding tert-OH is 1. The van der Waals surface area contributed by atoms with Gasteiger partial charge >= 0.3 is 4.87 Å². The van der Waals surface area contributed by atoms with Crippen LogP contribution >= 0.6 is 11.3 Å². The summed E-state index contributed by atoms with van der Waals surface area (Å²) in [6, 6.07) is 8.27. The molecule has 0 radical (unpaired) electrons. The zero-order valence-corrected chi connectivity index (χ0v) is 22.7. The first-order chi connectivity index (χ1) is 19.9. The third kappa shape index (κ3) is 4.80. The van der Waals surface area contributed by atoms with Crippen molar-refractivity contribution in [3.63, 3.8) is 0 Å². The molecule has 3 N–H and O–H groups in total. The van der Waals surface area contributed by atoms with Gasteiger partial charge < -0.3 is 29.6 Å². The van der Waals surface area contributed by atoms with Crippen LogP contribution < -0.4 is 20.2 Å². The van der Waals surface area contributed by atoms with Crippen molar-refractivity contribution in [2.24, 2.45) is 0 Å². The van der Waals surface area contributed by atoms with Crippen molar-refractivity contribution in [2.45, 2.75) is 18.8 Å². The van der Waals surface area contributed by atoms with Gasteiger partial charge in [0, 0.05) is 45.3 Å². The summed E-state index contributed by atoms with van der Waals surface area (Å²) < 4.78 is 34.9. The van der Waals surface area contributed by atoms with Crippen LogP contribution in [0.3, 0.4) is 0 Å². The second-order valence-corrected chi connectivity index (χ2v) is 11.0. The SMILES string of the molecule is Nc1nc2c(sc(=O)n2CCN2CCN(c3ccc(O[C@H]4COC[C@@H]4O)cc3F)CC2)c2nc(-c3ccco3)nn12. The van der Waals surface area contributed by atoms with Crippen molar-refractivity contribution in [2.75, 3.05) is 56.6 Å². The third-order valence-electron chi connectivity index (χ3n) is 7.42. The average molecular weight is 583 g/mol. The standard InChI is InChI=1S/C26H27FN8O5S/c27-16-12-15(40-20-14-38-13-18(20)36)3-4-17(16)33-8-5-32(6-9-33)7-10-34-23-21(41-26(34)37)24-29-22(19-2-1-11-39-19)31-35(24)25(28)30-23/h1-4,11-12,18,20,36H,5-10,13-14H2,(H2,28,30)/t18-,20-/m0/s1. The van der Waals surface area contributed by atoms with E-state index in [2.05, 4.69) is 20.0 Å². The van der Waals surface area contributed by atoms with E-state index in [1.54, 1.807) is 28.8 Å². The Morgan fingerprint density at radius 2 is 1.98 bits per heavy atom. The summed E-state index contributed by atoms with van der Waals surface area (Å²) in [5, 5.41) is 14.3. The predicted octanol–water partition coefficient (Wildman–Crippen LogP) is 1.44. The number of ether oxygens (including phenoxy) is 2. The fourth-order valence-electron chi connectivity index (χ4n) is 5.22. The molecule has 4 aromatic heterocycles. The number of hydrogen-bond donors (Lipinski definition) is 2.